The molecule has 0 aliphatic carbocycles. The minimum atomic E-state index is -3.72. The van der Waals surface area contributed by atoms with Crippen LogP contribution >= 0.6 is 0 Å². The number of carbonyl (C=O) groups is 1. The number of benzene rings is 1. The van der Waals surface area contributed by atoms with E-state index in [9.17, 15) is 18.4 Å². The van der Waals surface area contributed by atoms with Gasteiger partial charge in [0.05, 0.1) is 18.5 Å². The van der Waals surface area contributed by atoms with Gasteiger partial charge in [-0.1, -0.05) is 12.1 Å². The monoisotopic (exact) mass is 463 g/mol. The molecule has 2 aromatic rings. The van der Waals surface area contributed by atoms with Crippen molar-refractivity contribution in [1.29, 1.82) is 0 Å². The number of fused-ring (bicyclic) bond motifs is 1. The molecule has 1 amide bonds. The summed E-state index contributed by atoms with van der Waals surface area (Å²) < 4.78 is 44.0. The van der Waals surface area contributed by atoms with Gasteiger partial charge in [-0.3, -0.25) is 15.0 Å². The lowest BCUT2D eigenvalue weighted by Crippen LogP contribution is -2.44. The predicted octanol–water partition coefficient (Wildman–Crippen LogP) is 1.71. The third-order valence-corrected chi connectivity index (χ3v) is 7.47. The minimum Gasteiger partial charge on any atom is -0.454 e. The maximum Gasteiger partial charge on any atom is 0.233 e. The highest BCUT2D eigenvalue weighted by Gasteiger charge is 2.33. The zero-order valence-corrected chi connectivity index (χ0v) is 18.2. The predicted molar refractivity (Wildman–Crippen MR) is 112 cm³/mol. The number of rotatable bonds is 9. The lowest BCUT2D eigenvalue weighted by atomic mass is 10.1. The molecule has 0 bridgehead atoms. The van der Waals surface area contributed by atoms with Gasteiger partial charge >= 0.3 is 0 Å². The molecule has 3 heterocycles. The molecule has 1 N–H and O–H groups in total. The molecule has 1 aromatic carbocycles. The first-order valence-electron chi connectivity index (χ1n) is 10.3. The van der Waals surface area contributed by atoms with Crippen molar-refractivity contribution in [2.75, 3.05) is 25.6 Å². The molecule has 1 fully saturated rings. The van der Waals surface area contributed by atoms with Gasteiger partial charge in [-0.2, -0.15) is 0 Å². The lowest BCUT2D eigenvalue weighted by molar-refractivity contribution is -0.159. The molecule has 1 unspecified atom stereocenters. The van der Waals surface area contributed by atoms with Gasteiger partial charge in [0, 0.05) is 25.5 Å². The Kier molecular flexibility index (Phi) is 6.89. The van der Waals surface area contributed by atoms with Gasteiger partial charge in [-0.25, -0.2) is 17.8 Å². The van der Waals surface area contributed by atoms with E-state index in [1.807, 2.05) is 18.2 Å². The molecule has 11 heteroatoms. The average molecular weight is 464 g/mol. The number of nitrogens with zero attached hydrogens (tertiary/aromatic N) is 3. The maximum absolute atomic E-state index is 13.0. The van der Waals surface area contributed by atoms with Crippen molar-refractivity contribution in [3.8, 4) is 11.5 Å². The number of aromatic nitrogens is 1. The molecule has 4 rings (SSSR count). The third kappa shape index (κ3) is 5.18. The quantitative estimate of drug-likeness (QED) is 0.339. The van der Waals surface area contributed by atoms with E-state index in [0.29, 0.717) is 54.7 Å². The first kappa shape index (κ1) is 22.5. The Morgan fingerprint density at radius 1 is 1.25 bits per heavy atom. The standard InChI is InChI=1S/C21H25N3O7S/c25-14-24(26)19(17-2-1-7-22-11-17)13-32(27,28)23-8-5-18(6-9-23)29-12-16-3-4-20-21(10-16)31-15-30-20/h1-4,7,10-11,14,18-19,26H,5-6,8-9,12-13,15H2. The topological polar surface area (TPSA) is 119 Å². The van der Waals surface area contributed by atoms with Gasteiger partial charge in [0.15, 0.2) is 11.5 Å². The largest absolute Gasteiger partial charge is 0.454 e. The summed E-state index contributed by atoms with van der Waals surface area (Å²) in [6.07, 6.45) is 4.21. The van der Waals surface area contributed by atoms with Gasteiger partial charge in [0.25, 0.3) is 0 Å². The molecule has 172 valence electrons. The SMILES string of the molecule is O=CN(O)C(CS(=O)(=O)N1CCC(OCc2ccc3c(c2)OCO3)CC1)c1cccnc1. The number of hydroxylamine groups is 2. The van der Waals surface area contributed by atoms with Crippen LogP contribution in [0.2, 0.25) is 0 Å². The summed E-state index contributed by atoms with van der Waals surface area (Å²) in [5.74, 6) is 0.979. The summed E-state index contributed by atoms with van der Waals surface area (Å²) in [6.45, 7) is 1.23. The van der Waals surface area contributed by atoms with Crippen LogP contribution in [0.15, 0.2) is 42.7 Å². The number of carbonyl (C=O) groups excluding carboxylic acids is 1. The van der Waals surface area contributed by atoms with E-state index in [-0.39, 0.29) is 19.3 Å². The Balaban J connectivity index is 1.32. The summed E-state index contributed by atoms with van der Waals surface area (Å²) in [6, 6.07) is 7.85. The Labute approximate surface area is 186 Å². The molecular formula is C21H25N3O7S. The highest BCUT2D eigenvalue weighted by molar-refractivity contribution is 7.89. The molecule has 1 saturated heterocycles. The summed E-state index contributed by atoms with van der Waals surface area (Å²) >= 11 is 0. The van der Waals surface area contributed by atoms with Gasteiger partial charge < -0.3 is 14.2 Å². The van der Waals surface area contributed by atoms with Crippen LogP contribution in [0.25, 0.3) is 0 Å². The van der Waals surface area contributed by atoms with E-state index in [2.05, 4.69) is 4.98 Å². The Morgan fingerprint density at radius 2 is 2.03 bits per heavy atom. The van der Waals surface area contributed by atoms with Gasteiger partial charge in [0.1, 0.15) is 6.04 Å². The Morgan fingerprint density at radius 3 is 2.75 bits per heavy atom. The Bertz CT molecular complexity index is 1030. The summed E-state index contributed by atoms with van der Waals surface area (Å²) in [4.78, 5) is 15.0. The van der Waals surface area contributed by atoms with Crippen LogP contribution in [0.3, 0.4) is 0 Å². The molecular weight excluding hydrogens is 438 g/mol. The van der Waals surface area contributed by atoms with Crippen molar-refractivity contribution in [3.63, 3.8) is 0 Å². The van der Waals surface area contributed by atoms with Crippen molar-refractivity contribution >= 4 is 16.4 Å². The number of sulfonamides is 1. The second-order valence-corrected chi connectivity index (χ2v) is 9.68. The van der Waals surface area contributed by atoms with E-state index >= 15 is 0 Å². The van der Waals surface area contributed by atoms with E-state index in [1.165, 1.54) is 16.7 Å². The van der Waals surface area contributed by atoms with Gasteiger partial charge in [-0.05, 0) is 42.2 Å². The van der Waals surface area contributed by atoms with Crippen molar-refractivity contribution in [3.05, 3.63) is 53.9 Å². The number of amides is 1. The zero-order valence-electron chi connectivity index (χ0n) is 17.4. The molecule has 0 saturated carbocycles. The third-order valence-electron chi connectivity index (χ3n) is 5.58. The minimum absolute atomic E-state index is 0.0645. The van der Waals surface area contributed by atoms with Gasteiger partial charge in [-0.15, -0.1) is 0 Å². The highest BCUT2D eigenvalue weighted by atomic mass is 32.2. The smallest absolute Gasteiger partial charge is 0.233 e. The van der Waals surface area contributed by atoms with Crippen LogP contribution in [0, 0.1) is 0 Å². The molecule has 2 aliphatic heterocycles. The van der Waals surface area contributed by atoms with Gasteiger partial charge in [0.2, 0.25) is 23.2 Å². The first-order valence-corrected chi connectivity index (χ1v) is 11.9. The fraction of sp³-hybridized carbons (Fsp3) is 0.429. The highest BCUT2D eigenvalue weighted by Crippen LogP contribution is 2.33. The number of pyridine rings is 1. The summed E-state index contributed by atoms with van der Waals surface area (Å²) in [5, 5.41) is 10.3. The van der Waals surface area contributed by atoms with Crippen LogP contribution in [0.5, 0.6) is 11.5 Å². The first-order chi connectivity index (χ1) is 15.5. The number of hydrogen-bond acceptors (Lipinski definition) is 8. The number of piperidine rings is 1. The fourth-order valence-electron chi connectivity index (χ4n) is 3.80. The molecule has 10 nitrogen and oxygen atoms in total. The van der Waals surface area contributed by atoms with Crippen LogP contribution in [-0.4, -0.2) is 66.1 Å². The molecule has 0 radical (unpaired) electrons. The van der Waals surface area contributed by atoms with Crippen molar-refractivity contribution < 1.29 is 32.6 Å². The fourth-order valence-corrected chi connectivity index (χ4v) is 5.52. The van der Waals surface area contributed by atoms with Crippen LogP contribution < -0.4 is 9.47 Å². The molecule has 1 atom stereocenters. The van der Waals surface area contributed by atoms with E-state index in [4.69, 9.17) is 14.2 Å². The molecule has 2 aliphatic rings. The summed E-state index contributed by atoms with van der Waals surface area (Å²) in [7, 11) is -3.72. The molecule has 32 heavy (non-hydrogen) atoms. The second-order valence-electron chi connectivity index (χ2n) is 7.66. The maximum atomic E-state index is 13.0. The van der Waals surface area contributed by atoms with E-state index in [0.717, 1.165) is 5.56 Å². The Hall–Kier alpha value is -2.73. The average Bonchev–Trinajstić information content (AvgIpc) is 3.29. The molecule has 1 aromatic heterocycles. The van der Waals surface area contributed by atoms with E-state index < -0.39 is 21.8 Å². The lowest BCUT2D eigenvalue weighted by Gasteiger charge is -2.33. The number of hydrogen-bond donors (Lipinski definition) is 1. The molecule has 0 spiro atoms. The van der Waals surface area contributed by atoms with Crippen molar-refractivity contribution in [2.24, 2.45) is 0 Å². The van der Waals surface area contributed by atoms with Crippen LogP contribution in [0.4, 0.5) is 0 Å². The zero-order chi connectivity index (χ0) is 22.6. The van der Waals surface area contributed by atoms with Crippen molar-refractivity contribution in [2.45, 2.75) is 31.6 Å². The number of ether oxygens (including phenoxy) is 3. The normalized spacial score (nSPS) is 17.8. The van der Waals surface area contributed by atoms with Crippen LogP contribution in [-0.2, 0) is 26.2 Å². The van der Waals surface area contributed by atoms with Crippen LogP contribution in [0.1, 0.15) is 30.0 Å². The van der Waals surface area contributed by atoms with E-state index in [1.54, 1.807) is 12.1 Å². The van der Waals surface area contributed by atoms with Crippen molar-refractivity contribution in [1.82, 2.24) is 14.4 Å². The second kappa shape index (κ2) is 9.82. The summed E-state index contributed by atoms with van der Waals surface area (Å²) in [5.41, 5.74) is 1.40.